The highest BCUT2D eigenvalue weighted by molar-refractivity contribution is 6.30. The number of carbonyl (C=O) groups is 1. The second kappa shape index (κ2) is 7.70. The predicted molar refractivity (Wildman–Crippen MR) is 85.2 cm³/mol. The highest BCUT2D eigenvalue weighted by atomic mass is 35.5. The van der Waals surface area contributed by atoms with Gasteiger partial charge < -0.3 is 9.47 Å². The number of alkyl halides is 1. The van der Waals surface area contributed by atoms with Gasteiger partial charge in [-0.05, 0) is 18.6 Å². The normalized spacial score (nSPS) is 10.3. The van der Waals surface area contributed by atoms with Crippen molar-refractivity contribution < 1.29 is 14.3 Å². The van der Waals surface area contributed by atoms with Gasteiger partial charge in [0.25, 0.3) is 0 Å². The third-order valence-corrected chi connectivity index (χ3v) is 3.17. The van der Waals surface area contributed by atoms with Crippen LogP contribution in [0.15, 0.2) is 30.5 Å². The molecule has 6 nitrogen and oxygen atoms in total. The number of anilines is 2. The van der Waals surface area contributed by atoms with Crippen LogP contribution in [-0.2, 0) is 4.79 Å². The molecule has 0 radical (unpaired) electrons. The Kier molecular flexibility index (Phi) is 5.66. The average molecular weight is 324 g/mol. The summed E-state index contributed by atoms with van der Waals surface area (Å²) in [6.45, 7) is 2.54. The van der Waals surface area contributed by atoms with E-state index in [9.17, 15) is 4.79 Å². The minimum atomic E-state index is -0.320. The molecule has 0 spiro atoms. The number of aromatic nitrogens is 2. The maximum absolute atomic E-state index is 12.3. The number of H-pyrrole nitrogens is 1. The zero-order chi connectivity index (χ0) is 15.9. The third kappa shape index (κ3) is 3.33. The molecule has 1 amide bonds. The first kappa shape index (κ1) is 16.2. The lowest BCUT2D eigenvalue weighted by atomic mass is 10.2. The highest BCUT2D eigenvalue weighted by Crippen LogP contribution is 2.41. The largest absolute Gasteiger partial charge is 0.494 e. The van der Waals surface area contributed by atoms with Crippen LogP contribution in [0.3, 0.4) is 0 Å². The molecule has 0 saturated heterocycles. The number of carbonyl (C=O) groups excluding carboxylic acids is 1. The van der Waals surface area contributed by atoms with E-state index in [1.807, 2.05) is 6.92 Å². The van der Waals surface area contributed by atoms with E-state index in [1.54, 1.807) is 30.5 Å². The van der Waals surface area contributed by atoms with Gasteiger partial charge in [0.1, 0.15) is 23.1 Å². The Morgan fingerprint density at radius 1 is 1.36 bits per heavy atom. The lowest BCUT2D eigenvalue weighted by molar-refractivity contribution is -0.115. The first-order chi connectivity index (χ1) is 10.7. The molecule has 0 aliphatic heterocycles. The molecule has 0 unspecified atom stereocenters. The summed E-state index contributed by atoms with van der Waals surface area (Å²) in [5, 5.41) is 6.76. The van der Waals surface area contributed by atoms with E-state index in [0.29, 0.717) is 29.6 Å². The summed E-state index contributed by atoms with van der Waals surface area (Å²) in [6, 6.07) is 7.03. The van der Waals surface area contributed by atoms with Crippen molar-refractivity contribution in [3.63, 3.8) is 0 Å². The van der Waals surface area contributed by atoms with Crippen molar-refractivity contribution in [3.8, 4) is 11.5 Å². The summed E-state index contributed by atoms with van der Waals surface area (Å²) in [5.41, 5.74) is 0.496. The van der Waals surface area contributed by atoms with Gasteiger partial charge in [0.15, 0.2) is 5.82 Å². The van der Waals surface area contributed by atoms with Gasteiger partial charge >= 0.3 is 0 Å². The summed E-state index contributed by atoms with van der Waals surface area (Å²) in [6.07, 6.45) is 2.48. The number of amides is 1. The molecule has 2 rings (SSSR count). The molecule has 0 bridgehead atoms. The third-order valence-electron chi connectivity index (χ3n) is 2.95. The van der Waals surface area contributed by atoms with Crippen LogP contribution in [0.5, 0.6) is 11.5 Å². The molecule has 1 aromatic heterocycles. The Balaban J connectivity index is 2.56. The predicted octanol–water partition coefficient (Wildman–Crippen LogP) is 3.11. The zero-order valence-electron chi connectivity index (χ0n) is 12.5. The van der Waals surface area contributed by atoms with E-state index < -0.39 is 0 Å². The highest BCUT2D eigenvalue weighted by Gasteiger charge is 2.26. The summed E-state index contributed by atoms with van der Waals surface area (Å²) in [5.74, 6) is 0.979. The van der Waals surface area contributed by atoms with Crippen molar-refractivity contribution >= 4 is 29.0 Å². The molecule has 0 fully saturated rings. The second-order valence-electron chi connectivity index (χ2n) is 4.45. The fourth-order valence-corrected chi connectivity index (χ4v) is 2.14. The molecular weight excluding hydrogens is 306 g/mol. The van der Waals surface area contributed by atoms with E-state index in [2.05, 4.69) is 10.2 Å². The summed E-state index contributed by atoms with van der Waals surface area (Å²) in [4.78, 5) is 13.7. The van der Waals surface area contributed by atoms with Gasteiger partial charge in [-0.2, -0.15) is 5.10 Å². The van der Waals surface area contributed by atoms with Crippen LogP contribution in [0.4, 0.5) is 11.5 Å². The Bertz CT molecular complexity index is 617. The van der Waals surface area contributed by atoms with Crippen LogP contribution in [0.1, 0.15) is 13.3 Å². The van der Waals surface area contributed by atoms with Crippen LogP contribution in [0.2, 0.25) is 0 Å². The molecule has 0 aliphatic rings. The minimum Gasteiger partial charge on any atom is -0.494 e. The van der Waals surface area contributed by atoms with Crippen molar-refractivity contribution in [2.24, 2.45) is 0 Å². The maximum Gasteiger partial charge on any atom is 0.247 e. The fourth-order valence-electron chi connectivity index (χ4n) is 2.02. The molecule has 2 aromatic rings. The fraction of sp³-hybridized carbons (Fsp3) is 0.333. The quantitative estimate of drug-likeness (QED) is 0.795. The van der Waals surface area contributed by atoms with E-state index in [1.165, 1.54) is 12.0 Å². The minimum absolute atomic E-state index is 0.182. The number of halogens is 1. The second-order valence-corrected chi connectivity index (χ2v) is 4.72. The Labute approximate surface area is 134 Å². The van der Waals surface area contributed by atoms with Crippen LogP contribution in [0.25, 0.3) is 0 Å². The molecule has 0 aliphatic carbocycles. The molecule has 0 atom stereocenters. The smallest absolute Gasteiger partial charge is 0.247 e. The number of nitrogens with one attached hydrogen (secondary N) is 1. The summed E-state index contributed by atoms with van der Waals surface area (Å²) >= 11 is 5.75. The SMILES string of the molecule is CCCOc1cccc(OC)c1N(C(=O)CCl)c1cc[nH]n1. The number of hydrogen-bond donors (Lipinski definition) is 1. The molecule has 22 heavy (non-hydrogen) atoms. The first-order valence-corrected chi connectivity index (χ1v) is 7.44. The Morgan fingerprint density at radius 3 is 2.73 bits per heavy atom. The number of nitrogens with zero attached hydrogens (tertiary/aromatic N) is 2. The van der Waals surface area contributed by atoms with Gasteiger partial charge in [-0.1, -0.05) is 13.0 Å². The summed E-state index contributed by atoms with van der Waals surface area (Å²) in [7, 11) is 1.54. The van der Waals surface area contributed by atoms with Gasteiger partial charge in [0, 0.05) is 12.3 Å². The monoisotopic (exact) mass is 323 g/mol. The molecular formula is C15H18ClN3O3. The standard InChI is InChI=1S/C15H18ClN3O3/c1-3-9-22-12-6-4-5-11(21-2)15(12)19(14(20)10-16)13-7-8-17-18-13/h4-8H,3,9-10H2,1-2H3,(H,17,18). The number of benzene rings is 1. The van der Waals surface area contributed by atoms with E-state index in [4.69, 9.17) is 21.1 Å². The number of methoxy groups -OCH3 is 1. The van der Waals surface area contributed by atoms with Gasteiger partial charge in [-0.25, -0.2) is 0 Å². The van der Waals surface area contributed by atoms with Gasteiger partial charge in [0.2, 0.25) is 5.91 Å². The van der Waals surface area contributed by atoms with Gasteiger partial charge in [-0.3, -0.25) is 14.8 Å². The topological polar surface area (TPSA) is 67.5 Å². The molecule has 1 heterocycles. The zero-order valence-corrected chi connectivity index (χ0v) is 13.3. The van der Waals surface area contributed by atoms with Crippen LogP contribution in [-0.4, -0.2) is 35.7 Å². The van der Waals surface area contributed by atoms with Crippen molar-refractivity contribution in [2.45, 2.75) is 13.3 Å². The van der Waals surface area contributed by atoms with Crippen LogP contribution >= 0.6 is 11.6 Å². The number of rotatable bonds is 7. The van der Waals surface area contributed by atoms with Gasteiger partial charge in [-0.15, -0.1) is 11.6 Å². The van der Waals surface area contributed by atoms with Gasteiger partial charge in [0.05, 0.1) is 13.7 Å². The lowest BCUT2D eigenvalue weighted by Crippen LogP contribution is -2.28. The molecule has 118 valence electrons. The Hall–Kier alpha value is -2.21. The molecule has 1 N–H and O–H groups in total. The Morgan fingerprint density at radius 2 is 2.14 bits per heavy atom. The number of hydrogen-bond acceptors (Lipinski definition) is 4. The number of ether oxygens (including phenoxy) is 2. The first-order valence-electron chi connectivity index (χ1n) is 6.91. The van der Waals surface area contributed by atoms with E-state index in [-0.39, 0.29) is 11.8 Å². The van der Waals surface area contributed by atoms with Crippen molar-refractivity contribution in [1.29, 1.82) is 0 Å². The van der Waals surface area contributed by atoms with Crippen LogP contribution in [0, 0.1) is 0 Å². The maximum atomic E-state index is 12.3. The summed E-state index contributed by atoms with van der Waals surface area (Å²) < 4.78 is 11.1. The van der Waals surface area contributed by atoms with Crippen molar-refractivity contribution in [3.05, 3.63) is 30.5 Å². The van der Waals surface area contributed by atoms with Crippen LogP contribution < -0.4 is 14.4 Å². The average Bonchev–Trinajstić information content (AvgIpc) is 3.07. The molecule has 7 heteroatoms. The lowest BCUT2D eigenvalue weighted by Gasteiger charge is -2.24. The number of para-hydroxylation sites is 1. The molecule has 0 saturated carbocycles. The van der Waals surface area contributed by atoms with E-state index >= 15 is 0 Å². The van der Waals surface area contributed by atoms with Crippen molar-refractivity contribution in [1.82, 2.24) is 10.2 Å². The van der Waals surface area contributed by atoms with Crippen molar-refractivity contribution in [2.75, 3.05) is 24.5 Å². The molecule has 1 aromatic carbocycles. The number of aromatic amines is 1. The van der Waals surface area contributed by atoms with E-state index in [0.717, 1.165) is 6.42 Å².